The highest BCUT2D eigenvalue weighted by Crippen LogP contribution is 2.33. The van der Waals surface area contributed by atoms with Crippen LogP contribution in [0.2, 0.25) is 0 Å². The molecule has 1 fully saturated rings. The lowest BCUT2D eigenvalue weighted by Gasteiger charge is -2.20. The number of anilines is 1. The third-order valence-corrected chi connectivity index (χ3v) is 6.10. The lowest BCUT2D eigenvalue weighted by Crippen LogP contribution is -2.33. The number of carbonyl (C=O) groups excluding carboxylic acids is 2. The third kappa shape index (κ3) is 4.92. The van der Waals surface area contributed by atoms with E-state index in [1.165, 1.54) is 5.56 Å². The van der Waals surface area contributed by atoms with Crippen LogP contribution in [0.15, 0.2) is 54.6 Å². The van der Waals surface area contributed by atoms with E-state index in [1.807, 2.05) is 67.9 Å². The number of nitrogens with zero attached hydrogens (tertiary/aromatic N) is 3. The fourth-order valence-electron chi connectivity index (χ4n) is 4.29. The van der Waals surface area contributed by atoms with Gasteiger partial charge in [0.1, 0.15) is 5.75 Å². The molecule has 3 aromatic rings. The van der Waals surface area contributed by atoms with Crippen LogP contribution >= 0.6 is 0 Å². The molecule has 2 amide bonds. The quantitative estimate of drug-likeness (QED) is 0.573. The molecule has 1 saturated heterocycles. The fraction of sp³-hybridized carbons (Fsp3) is 0.346. The minimum atomic E-state index is -0.396. The van der Waals surface area contributed by atoms with E-state index in [2.05, 4.69) is 22.5 Å². The van der Waals surface area contributed by atoms with Gasteiger partial charge >= 0.3 is 0 Å². The Balaban J connectivity index is 1.40. The first-order chi connectivity index (χ1) is 16.0. The van der Waals surface area contributed by atoms with Crippen molar-refractivity contribution in [1.29, 1.82) is 0 Å². The van der Waals surface area contributed by atoms with E-state index in [0.717, 1.165) is 17.0 Å². The summed E-state index contributed by atoms with van der Waals surface area (Å²) in [5.41, 5.74) is 4.84. The summed E-state index contributed by atoms with van der Waals surface area (Å²) in [4.78, 5) is 27.3. The molecular formula is C26H30N4O3. The molecule has 4 rings (SSSR count). The molecule has 33 heavy (non-hydrogen) atoms. The molecule has 7 nitrogen and oxygen atoms in total. The average Bonchev–Trinajstić information content (AvgIpc) is 3.33. The average molecular weight is 447 g/mol. The lowest BCUT2D eigenvalue weighted by atomic mass is 10.1. The summed E-state index contributed by atoms with van der Waals surface area (Å²) in [6.07, 6.45) is 0.192. The van der Waals surface area contributed by atoms with Gasteiger partial charge in [0, 0.05) is 30.8 Å². The van der Waals surface area contributed by atoms with Crippen LogP contribution in [0, 0.1) is 19.8 Å². The monoisotopic (exact) mass is 446 g/mol. The van der Waals surface area contributed by atoms with Gasteiger partial charge in [-0.1, -0.05) is 42.5 Å². The third-order valence-electron chi connectivity index (χ3n) is 6.10. The largest absolute Gasteiger partial charge is 0.492 e. The molecule has 7 heteroatoms. The molecule has 0 spiro atoms. The molecule has 1 aliphatic rings. The van der Waals surface area contributed by atoms with Gasteiger partial charge in [-0.15, -0.1) is 0 Å². The van der Waals surface area contributed by atoms with Crippen LogP contribution in [0.4, 0.5) is 5.69 Å². The minimum absolute atomic E-state index is 0.0645. The van der Waals surface area contributed by atoms with Gasteiger partial charge in [-0.05, 0) is 38.5 Å². The maximum atomic E-state index is 12.9. The number of hydrogen-bond donors (Lipinski definition) is 1. The molecule has 172 valence electrons. The highest BCUT2D eigenvalue weighted by Gasteiger charge is 2.36. The van der Waals surface area contributed by atoms with Gasteiger partial charge in [0.05, 0.1) is 30.5 Å². The van der Waals surface area contributed by atoms with Crippen LogP contribution in [0.25, 0.3) is 0 Å². The van der Waals surface area contributed by atoms with E-state index in [0.29, 0.717) is 37.7 Å². The lowest BCUT2D eigenvalue weighted by molar-refractivity contribution is -0.126. The molecule has 0 radical (unpaired) electrons. The van der Waals surface area contributed by atoms with E-state index in [9.17, 15) is 9.59 Å². The number of ether oxygens (including phenoxy) is 1. The van der Waals surface area contributed by atoms with Gasteiger partial charge in [0.25, 0.3) is 0 Å². The summed E-state index contributed by atoms with van der Waals surface area (Å²) >= 11 is 0. The Labute approximate surface area is 194 Å². The second-order valence-corrected chi connectivity index (χ2v) is 8.32. The number of amides is 2. The van der Waals surface area contributed by atoms with Crippen LogP contribution in [0.5, 0.6) is 5.75 Å². The number of benzene rings is 2. The molecule has 1 N–H and O–H groups in total. The SMILES string of the molecule is CCOc1ccccc1N1CC(C(=O)NCc2c(C)nn(Cc3ccccc3)c2C)CC1=O. The molecule has 0 bridgehead atoms. The van der Waals surface area contributed by atoms with Crippen molar-refractivity contribution in [3.05, 3.63) is 77.1 Å². The van der Waals surface area contributed by atoms with Crippen molar-refractivity contribution in [3.63, 3.8) is 0 Å². The Morgan fingerprint density at radius 2 is 1.85 bits per heavy atom. The van der Waals surface area contributed by atoms with Crippen LogP contribution < -0.4 is 15.0 Å². The summed E-state index contributed by atoms with van der Waals surface area (Å²) in [6.45, 7) is 7.83. The maximum absolute atomic E-state index is 12.9. The summed E-state index contributed by atoms with van der Waals surface area (Å²) in [6, 6.07) is 17.6. The predicted octanol–water partition coefficient (Wildman–Crippen LogP) is 3.62. The van der Waals surface area contributed by atoms with Gasteiger partial charge in [-0.25, -0.2) is 0 Å². The van der Waals surface area contributed by atoms with Crippen LogP contribution in [0.1, 0.15) is 35.9 Å². The normalized spacial score (nSPS) is 15.7. The molecule has 2 aromatic carbocycles. The van der Waals surface area contributed by atoms with Crippen LogP contribution in [0.3, 0.4) is 0 Å². The highest BCUT2D eigenvalue weighted by atomic mass is 16.5. The number of carbonyl (C=O) groups is 2. The second-order valence-electron chi connectivity index (χ2n) is 8.32. The van der Waals surface area contributed by atoms with Crippen LogP contribution in [-0.4, -0.2) is 34.7 Å². The number of aryl methyl sites for hydroxylation is 1. The van der Waals surface area contributed by atoms with Gasteiger partial charge in [0.15, 0.2) is 0 Å². The molecule has 2 heterocycles. The van der Waals surface area contributed by atoms with E-state index < -0.39 is 5.92 Å². The van der Waals surface area contributed by atoms with Crippen molar-refractivity contribution in [3.8, 4) is 5.75 Å². The molecule has 1 aromatic heterocycles. The number of para-hydroxylation sites is 2. The van der Waals surface area contributed by atoms with E-state index in [1.54, 1.807) is 4.90 Å². The van der Waals surface area contributed by atoms with Gasteiger partial charge in [-0.2, -0.15) is 5.10 Å². The number of nitrogens with one attached hydrogen (secondary N) is 1. The maximum Gasteiger partial charge on any atom is 0.227 e. The predicted molar refractivity (Wildman–Crippen MR) is 127 cm³/mol. The highest BCUT2D eigenvalue weighted by molar-refractivity contribution is 6.01. The van der Waals surface area contributed by atoms with Crippen molar-refractivity contribution in [2.24, 2.45) is 5.92 Å². The molecule has 1 atom stereocenters. The Morgan fingerprint density at radius 1 is 1.12 bits per heavy atom. The van der Waals surface area contributed by atoms with Crippen molar-refractivity contribution in [2.45, 2.75) is 40.3 Å². The second kappa shape index (κ2) is 9.90. The summed E-state index contributed by atoms with van der Waals surface area (Å²) in [5, 5.41) is 7.69. The van der Waals surface area contributed by atoms with E-state index >= 15 is 0 Å². The molecule has 1 aliphatic heterocycles. The Kier molecular flexibility index (Phi) is 6.77. The fourth-order valence-corrected chi connectivity index (χ4v) is 4.29. The zero-order valence-electron chi connectivity index (χ0n) is 19.4. The minimum Gasteiger partial charge on any atom is -0.492 e. The van der Waals surface area contributed by atoms with Crippen LogP contribution in [-0.2, 0) is 22.7 Å². The number of aromatic nitrogens is 2. The van der Waals surface area contributed by atoms with Crippen molar-refractivity contribution in [1.82, 2.24) is 15.1 Å². The van der Waals surface area contributed by atoms with Crippen molar-refractivity contribution in [2.75, 3.05) is 18.1 Å². The first-order valence-electron chi connectivity index (χ1n) is 11.3. The molecule has 1 unspecified atom stereocenters. The Morgan fingerprint density at radius 3 is 2.61 bits per heavy atom. The molecule has 0 aliphatic carbocycles. The zero-order chi connectivity index (χ0) is 23.4. The molecule has 0 saturated carbocycles. The van der Waals surface area contributed by atoms with Gasteiger partial charge in [-0.3, -0.25) is 14.3 Å². The Bertz CT molecular complexity index is 1140. The first kappa shape index (κ1) is 22.6. The number of hydrogen-bond acceptors (Lipinski definition) is 4. The standard InChI is InChI=1S/C26H30N4O3/c1-4-33-24-13-9-8-12-23(24)29-17-21(14-25(29)31)26(32)27-15-22-18(2)28-30(19(22)3)16-20-10-6-5-7-11-20/h5-13,21H,4,14-17H2,1-3H3,(H,27,32). The van der Waals surface area contributed by atoms with E-state index in [-0.39, 0.29) is 18.2 Å². The topological polar surface area (TPSA) is 76.5 Å². The number of rotatable bonds is 8. The summed E-state index contributed by atoms with van der Waals surface area (Å²) < 4.78 is 7.64. The first-order valence-corrected chi connectivity index (χ1v) is 11.3. The Hall–Kier alpha value is -3.61. The smallest absolute Gasteiger partial charge is 0.227 e. The molecular weight excluding hydrogens is 416 g/mol. The van der Waals surface area contributed by atoms with Gasteiger partial charge in [0.2, 0.25) is 11.8 Å². The summed E-state index contributed by atoms with van der Waals surface area (Å²) in [7, 11) is 0. The summed E-state index contributed by atoms with van der Waals surface area (Å²) in [5.74, 6) is 0.0818. The zero-order valence-corrected chi connectivity index (χ0v) is 19.4. The van der Waals surface area contributed by atoms with Crippen molar-refractivity contribution < 1.29 is 14.3 Å². The van der Waals surface area contributed by atoms with E-state index in [4.69, 9.17) is 4.74 Å². The van der Waals surface area contributed by atoms with Crippen molar-refractivity contribution >= 4 is 17.5 Å². The van der Waals surface area contributed by atoms with Gasteiger partial charge < -0.3 is 15.0 Å².